The lowest BCUT2D eigenvalue weighted by atomic mass is 9.92. The molecule has 1 saturated heterocycles. The van der Waals surface area contributed by atoms with Crippen molar-refractivity contribution in [2.24, 2.45) is 17.8 Å². The highest BCUT2D eigenvalue weighted by atomic mass is 32.2. The Labute approximate surface area is 144 Å². The molecule has 1 heterocycles. The molecule has 0 aromatic heterocycles. The number of benzene rings is 1. The summed E-state index contributed by atoms with van der Waals surface area (Å²) in [7, 11) is -4.01. The van der Waals surface area contributed by atoms with Crippen LogP contribution in [0.2, 0.25) is 0 Å². The number of anilines is 1. The molecule has 8 heteroatoms. The van der Waals surface area contributed by atoms with Crippen molar-refractivity contribution in [3.63, 3.8) is 0 Å². The second-order valence-electron chi connectivity index (χ2n) is 6.58. The topological polar surface area (TPSA) is 54.5 Å². The number of alkyl halides is 3. The Hall–Kier alpha value is -1.83. The van der Waals surface area contributed by atoms with Gasteiger partial charge in [0.2, 0.25) is 15.9 Å². The molecule has 0 unspecified atom stereocenters. The number of sulfonamides is 1. The molecule has 1 aliphatic heterocycles. The molecule has 2 fully saturated rings. The van der Waals surface area contributed by atoms with E-state index >= 15 is 0 Å². The van der Waals surface area contributed by atoms with Crippen LogP contribution in [0.15, 0.2) is 30.4 Å². The van der Waals surface area contributed by atoms with E-state index in [1.165, 1.54) is 19.1 Å². The van der Waals surface area contributed by atoms with Crippen LogP contribution in [0, 0.1) is 24.7 Å². The maximum Gasteiger partial charge on any atom is 0.416 e. The predicted octanol–water partition coefficient (Wildman–Crippen LogP) is 3.52. The van der Waals surface area contributed by atoms with E-state index in [4.69, 9.17) is 0 Å². The zero-order valence-corrected chi connectivity index (χ0v) is 13.4. The first-order valence-corrected chi connectivity index (χ1v) is 9.07. The van der Waals surface area contributed by atoms with Gasteiger partial charge >= 0.3 is 6.18 Å². The fourth-order valence-corrected chi connectivity index (χ4v) is 6.56. The molecule has 4 atom stereocenters. The molecule has 3 aliphatic rings. The number of fused-ring (bicyclic) bond motifs is 5. The van der Waals surface area contributed by atoms with E-state index in [2.05, 4.69) is 0 Å². The van der Waals surface area contributed by atoms with Crippen LogP contribution in [0.25, 0.3) is 0 Å². The molecule has 0 N–H and O–H groups in total. The number of carbonyl (C=O) groups is 1. The van der Waals surface area contributed by atoms with Gasteiger partial charge in [0, 0.05) is 0 Å². The molecule has 2 bridgehead atoms. The molecule has 1 aromatic carbocycles. The summed E-state index contributed by atoms with van der Waals surface area (Å²) in [5.41, 5.74) is -1.18. The number of rotatable bonds is 1. The summed E-state index contributed by atoms with van der Waals surface area (Å²) >= 11 is 0. The first kappa shape index (κ1) is 18.0. The van der Waals surface area contributed by atoms with Crippen LogP contribution in [-0.4, -0.2) is 19.6 Å². The molecule has 25 heavy (non-hydrogen) atoms. The summed E-state index contributed by atoms with van der Waals surface area (Å²) in [6, 6.07) is 3.21. The number of carbonyl (C=O) groups excluding carboxylic acids is 1. The highest BCUT2D eigenvalue weighted by Gasteiger charge is 2.63. The highest BCUT2D eigenvalue weighted by molar-refractivity contribution is 7.94. The van der Waals surface area contributed by atoms with Crippen LogP contribution in [0.1, 0.15) is 25.0 Å². The molecule has 1 aromatic rings. The van der Waals surface area contributed by atoms with Crippen molar-refractivity contribution in [2.75, 3.05) is 4.31 Å². The lowest BCUT2D eigenvalue weighted by Crippen LogP contribution is -2.34. The highest BCUT2D eigenvalue weighted by Crippen LogP contribution is 2.53. The normalized spacial score (nSPS) is 32.0. The number of aryl methyl sites for hydroxylation is 1. The third kappa shape index (κ3) is 2.33. The minimum Gasteiger partial charge on any atom is -0.273 e. The number of hydrogen-bond acceptors (Lipinski definition) is 3. The van der Waals surface area contributed by atoms with Gasteiger partial charge in [-0.25, -0.2) is 12.7 Å². The quantitative estimate of drug-likeness (QED) is 0.708. The van der Waals surface area contributed by atoms with E-state index in [1.807, 2.05) is 6.08 Å². The van der Waals surface area contributed by atoms with Gasteiger partial charge in [-0.2, -0.15) is 13.2 Å². The molecule has 2 aliphatic carbocycles. The molecular formula is C17H18F3NO3S. The number of amides is 1. The molecule has 1 saturated carbocycles. The van der Waals surface area contributed by atoms with E-state index in [1.54, 1.807) is 6.08 Å². The van der Waals surface area contributed by atoms with Gasteiger partial charge in [0.25, 0.3) is 0 Å². The Morgan fingerprint density at radius 2 is 1.80 bits per heavy atom. The minimum atomic E-state index is -4.61. The maximum atomic E-state index is 13.1. The van der Waals surface area contributed by atoms with E-state index < -0.39 is 38.8 Å². The van der Waals surface area contributed by atoms with Crippen LogP contribution in [-0.2, 0) is 21.0 Å². The summed E-state index contributed by atoms with van der Waals surface area (Å²) in [5, 5.41) is -0.851. The summed E-state index contributed by atoms with van der Waals surface area (Å²) in [6.45, 7) is 1.30. The maximum absolute atomic E-state index is 13.1. The van der Waals surface area contributed by atoms with Crippen LogP contribution < -0.4 is 4.31 Å². The Balaban J connectivity index is 0.00000182. The first-order valence-electron chi connectivity index (χ1n) is 7.56. The molecule has 136 valence electrons. The molecular weight excluding hydrogens is 355 g/mol. The number of allylic oxidation sites excluding steroid dienone is 2. The molecule has 4 rings (SSSR count). The second-order valence-corrected chi connectivity index (χ2v) is 8.52. The monoisotopic (exact) mass is 373 g/mol. The number of halogens is 3. The van der Waals surface area contributed by atoms with Crippen molar-refractivity contribution in [2.45, 2.75) is 32.2 Å². The predicted molar refractivity (Wildman–Crippen MR) is 87.3 cm³/mol. The summed E-state index contributed by atoms with van der Waals surface area (Å²) < 4.78 is 65.5. The zero-order valence-electron chi connectivity index (χ0n) is 12.6. The van der Waals surface area contributed by atoms with Crippen molar-refractivity contribution in [3.05, 3.63) is 41.5 Å². The van der Waals surface area contributed by atoms with Gasteiger partial charge in [-0.15, -0.1) is 0 Å². The first-order chi connectivity index (χ1) is 11.1. The molecule has 0 spiro atoms. The van der Waals surface area contributed by atoms with Crippen molar-refractivity contribution >= 4 is 21.6 Å². The fourth-order valence-electron chi connectivity index (χ4n) is 4.20. The Morgan fingerprint density at radius 1 is 1.16 bits per heavy atom. The van der Waals surface area contributed by atoms with Crippen LogP contribution >= 0.6 is 0 Å². The van der Waals surface area contributed by atoms with Gasteiger partial charge in [-0.1, -0.05) is 25.6 Å². The van der Waals surface area contributed by atoms with Crippen molar-refractivity contribution in [1.82, 2.24) is 0 Å². The Kier molecular flexibility index (Phi) is 3.83. The van der Waals surface area contributed by atoms with Crippen molar-refractivity contribution < 1.29 is 26.4 Å². The molecule has 1 amide bonds. The van der Waals surface area contributed by atoms with Gasteiger partial charge in [-0.05, 0) is 42.9 Å². The molecule has 0 radical (unpaired) electrons. The lowest BCUT2D eigenvalue weighted by Gasteiger charge is -2.21. The van der Waals surface area contributed by atoms with E-state index in [0.29, 0.717) is 10.7 Å². The number of hydrogen-bond donors (Lipinski definition) is 0. The average Bonchev–Trinajstić information content (AvgIpc) is 3.12. The van der Waals surface area contributed by atoms with Crippen molar-refractivity contribution in [1.29, 1.82) is 0 Å². The smallest absolute Gasteiger partial charge is 0.273 e. The Morgan fingerprint density at radius 3 is 2.40 bits per heavy atom. The fraction of sp³-hybridized carbons (Fsp3) is 0.471. The zero-order chi connectivity index (χ0) is 17.4. The second kappa shape index (κ2) is 5.33. The van der Waals surface area contributed by atoms with Gasteiger partial charge in [-0.3, -0.25) is 4.79 Å². The van der Waals surface area contributed by atoms with E-state index in [9.17, 15) is 26.4 Å². The van der Waals surface area contributed by atoms with E-state index in [0.717, 1.165) is 6.07 Å². The largest absolute Gasteiger partial charge is 0.416 e. The third-order valence-corrected chi connectivity index (χ3v) is 7.46. The Bertz CT molecular complexity index is 876. The summed E-state index contributed by atoms with van der Waals surface area (Å²) in [4.78, 5) is 12.7. The minimum absolute atomic E-state index is 0. The van der Waals surface area contributed by atoms with E-state index in [-0.39, 0.29) is 30.5 Å². The van der Waals surface area contributed by atoms with Crippen molar-refractivity contribution in [3.8, 4) is 0 Å². The van der Waals surface area contributed by atoms with Gasteiger partial charge in [0.05, 0.1) is 22.4 Å². The third-order valence-electron chi connectivity index (χ3n) is 5.23. The van der Waals surface area contributed by atoms with Crippen LogP contribution in [0.4, 0.5) is 18.9 Å². The standard InChI is InChI=1S/C16H14F3NO3S.CH4/c1-8-2-5-11(7-12(8)16(17,18)19)20-15(21)13-9-3-4-10(6-9)14(13)24(20,22)23;/h2-5,7,9-10,13-14H,6H2,1H3;1H4/t9-,10+,13-,14+;/m0./s1. The van der Waals surface area contributed by atoms with Gasteiger partial charge in [0.15, 0.2) is 0 Å². The van der Waals surface area contributed by atoms with Crippen LogP contribution in [0.5, 0.6) is 0 Å². The SMILES string of the molecule is C.Cc1ccc(N2C(=O)[C@@H]3[C@@H]([C@@H]4C=C[C@H]3C4)S2(=O)=O)cc1C(F)(F)F. The summed E-state index contributed by atoms with van der Waals surface area (Å²) in [5.74, 6) is -1.67. The summed E-state index contributed by atoms with van der Waals surface area (Å²) in [6.07, 6.45) is -0.339. The lowest BCUT2D eigenvalue weighted by molar-refractivity contribution is -0.138. The molecule has 4 nitrogen and oxygen atoms in total. The van der Waals surface area contributed by atoms with Gasteiger partial charge in [0.1, 0.15) is 0 Å². The van der Waals surface area contributed by atoms with Crippen LogP contribution in [0.3, 0.4) is 0 Å². The number of nitrogens with zero attached hydrogens (tertiary/aromatic N) is 1. The average molecular weight is 373 g/mol. The van der Waals surface area contributed by atoms with Gasteiger partial charge < -0.3 is 0 Å².